The topological polar surface area (TPSA) is 75.6 Å². The molecule has 0 unspecified atom stereocenters. The fourth-order valence-electron chi connectivity index (χ4n) is 2.63. The zero-order valence-electron chi connectivity index (χ0n) is 11.3. The predicted molar refractivity (Wildman–Crippen MR) is 69.7 cm³/mol. The summed E-state index contributed by atoms with van der Waals surface area (Å²) in [5, 5.41) is 12.1. The van der Waals surface area contributed by atoms with Crippen LogP contribution in [0.15, 0.2) is 0 Å². The van der Waals surface area contributed by atoms with Gasteiger partial charge in [-0.2, -0.15) is 0 Å². The molecular formula is C14H23NO4. The van der Waals surface area contributed by atoms with Gasteiger partial charge in [-0.25, -0.2) is 0 Å². The Labute approximate surface area is 113 Å². The molecule has 0 aromatic heterocycles. The number of carbonyl (C=O) groups excluding carboxylic acids is 1. The summed E-state index contributed by atoms with van der Waals surface area (Å²) in [6.45, 7) is 0.708. The summed E-state index contributed by atoms with van der Waals surface area (Å²) < 4.78 is 5.33. The third-order valence-corrected chi connectivity index (χ3v) is 3.96. The second-order valence-electron chi connectivity index (χ2n) is 5.72. The maximum absolute atomic E-state index is 11.8. The summed E-state index contributed by atoms with van der Waals surface area (Å²) in [6.07, 6.45) is 6.78. The minimum Gasteiger partial charge on any atom is -0.481 e. The highest BCUT2D eigenvalue weighted by Crippen LogP contribution is 2.28. The summed E-state index contributed by atoms with van der Waals surface area (Å²) >= 11 is 0. The van der Waals surface area contributed by atoms with Crippen molar-refractivity contribution in [2.75, 3.05) is 13.2 Å². The minimum absolute atomic E-state index is 0.0549. The molecule has 2 rings (SSSR count). The van der Waals surface area contributed by atoms with Gasteiger partial charge in [-0.1, -0.05) is 19.3 Å². The van der Waals surface area contributed by atoms with Crippen molar-refractivity contribution < 1.29 is 19.4 Å². The molecule has 5 nitrogen and oxygen atoms in total. The van der Waals surface area contributed by atoms with Gasteiger partial charge >= 0.3 is 5.97 Å². The highest BCUT2D eigenvalue weighted by atomic mass is 16.5. The van der Waals surface area contributed by atoms with E-state index >= 15 is 0 Å². The normalized spacial score (nSPS) is 27.6. The third kappa shape index (κ3) is 4.82. The van der Waals surface area contributed by atoms with Crippen molar-refractivity contribution in [3.63, 3.8) is 0 Å². The number of amides is 1. The molecule has 2 atom stereocenters. The van der Waals surface area contributed by atoms with Crippen molar-refractivity contribution in [3.05, 3.63) is 0 Å². The second-order valence-corrected chi connectivity index (χ2v) is 5.72. The van der Waals surface area contributed by atoms with Crippen molar-refractivity contribution in [1.29, 1.82) is 0 Å². The van der Waals surface area contributed by atoms with Crippen LogP contribution in [-0.2, 0) is 14.3 Å². The Kier molecular flexibility index (Phi) is 5.19. The molecule has 0 radical (unpaired) electrons. The van der Waals surface area contributed by atoms with Gasteiger partial charge < -0.3 is 15.2 Å². The zero-order valence-corrected chi connectivity index (χ0v) is 11.3. The molecular weight excluding hydrogens is 246 g/mol. The van der Waals surface area contributed by atoms with E-state index in [9.17, 15) is 14.7 Å². The SMILES string of the molecule is O=C(COCC1CC1)N[C@H]1CCCCC[C@H]1C(=O)O. The Bertz CT molecular complexity index is 327. The average molecular weight is 269 g/mol. The van der Waals surface area contributed by atoms with Gasteiger partial charge in [0.25, 0.3) is 0 Å². The van der Waals surface area contributed by atoms with Gasteiger partial charge in [0.1, 0.15) is 6.61 Å². The lowest BCUT2D eigenvalue weighted by Gasteiger charge is -2.22. The number of ether oxygens (including phenoxy) is 1. The van der Waals surface area contributed by atoms with Crippen LogP contribution >= 0.6 is 0 Å². The molecule has 0 aliphatic heterocycles. The van der Waals surface area contributed by atoms with Gasteiger partial charge in [0.2, 0.25) is 5.91 Å². The maximum atomic E-state index is 11.8. The van der Waals surface area contributed by atoms with E-state index in [1.165, 1.54) is 12.8 Å². The molecule has 108 valence electrons. The van der Waals surface area contributed by atoms with E-state index in [0.717, 1.165) is 25.7 Å². The number of nitrogens with one attached hydrogen (secondary N) is 1. The van der Waals surface area contributed by atoms with Crippen LogP contribution in [0.1, 0.15) is 44.9 Å². The largest absolute Gasteiger partial charge is 0.481 e. The molecule has 5 heteroatoms. The first-order valence-corrected chi connectivity index (χ1v) is 7.26. The zero-order chi connectivity index (χ0) is 13.7. The van der Waals surface area contributed by atoms with E-state index in [2.05, 4.69) is 5.32 Å². The van der Waals surface area contributed by atoms with Gasteiger partial charge in [-0.05, 0) is 31.6 Å². The van der Waals surface area contributed by atoms with Gasteiger partial charge in [-0.3, -0.25) is 9.59 Å². The molecule has 19 heavy (non-hydrogen) atoms. The van der Waals surface area contributed by atoms with Crippen LogP contribution in [0.3, 0.4) is 0 Å². The molecule has 0 bridgehead atoms. The minimum atomic E-state index is -0.800. The number of carboxylic acids is 1. The monoisotopic (exact) mass is 269 g/mol. The van der Waals surface area contributed by atoms with Crippen molar-refractivity contribution in [2.24, 2.45) is 11.8 Å². The lowest BCUT2D eigenvalue weighted by atomic mass is 9.95. The number of carbonyl (C=O) groups is 2. The third-order valence-electron chi connectivity index (χ3n) is 3.96. The molecule has 2 N–H and O–H groups in total. The Hall–Kier alpha value is -1.10. The molecule has 2 aliphatic rings. The number of carboxylic acid groups (broad SMARTS) is 1. The van der Waals surface area contributed by atoms with Crippen molar-refractivity contribution in [3.8, 4) is 0 Å². The molecule has 1 amide bonds. The molecule has 0 aromatic carbocycles. The van der Waals surface area contributed by atoms with Gasteiger partial charge in [-0.15, -0.1) is 0 Å². The second kappa shape index (κ2) is 6.89. The summed E-state index contributed by atoms with van der Waals surface area (Å²) in [5.74, 6) is -0.794. The summed E-state index contributed by atoms with van der Waals surface area (Å²) in [7, 11) is 0. The average Bonchev–Trinajstić information content (AvgIpc) is 3.16. The molecule has 0 saturated heterocycles. The Balaban J connectivity index is 1.76. The first-order valence-electron chi connectivity index (χ1n) is 7.26. The van der Waals surface area contributed by atoms with E-state index in [-0.39, 0.29) is 18.6 Å². The number of rotatable bonds is 6. The fourth-order valence-corrected chi connectivity index (χ4v) is 2.63. The van der Waals surface area contributed by atoms with E-state index < -0.39 is 11.9 Å². The van der Waals surface area contributed by atoms with Crippen LogP contribution < -0.4 is 5.32 Å². The van der Waals surface area contributed by atoms with E-state index in [4.69, 9.17) is 4.74 Å². The standard InChI is InChI=1S/C14H23NO4/c16-13(9-19-8-10-6-7-10)15-12-5-3-1-2-4-11(12)14(17)18/h10-12H,1-9H2,(H,15,16)(H,17,18)/t11-,12+/m1/s1. The summed E-state index contributed by atoms with van der Waals surface area (Å²) in [4.78, 5) is 23.0. The first-order chi connectivity index (χ1) is 9.16. The Morgan fingerprint density at radius 3 is 2.53 bits per heavy atom. The molecule has 0 spiro atoms. The quantitative estimate of drug-likeness (QED) is 0.718. The first kappa shape index (κ1) is 14.3. The maximum Gasteiger partial charge on any atom is 0.308 e. The number of aliphatic carboxylic acids is 1. The van der Waals surface area contributed by atoms with Crippen LogP contribution in [0, 0.1) is 11.8 Å². The van der Waals surface area contributed by atoms with E-state index in [1.54, 1.807) is 0 Å². The van der Waals surface area contributed by atoms with Crippen molar-refractivity contribution in [2.45, 2.75) is 51.0 Å². The lowest BCUT2D eigenvalue weighted by Crippen LogP contribution is -2.44. The lowest BCUT2D eigenvalue weighted by molar-refractivity contribution is -0.143. The number of hydrogen-bond donors (Lipinski definition) is 2. The van der Waals surface area contributed by atoms with Gasteiger partial charge in [0, 0.05) is 6.04 Å². The van der Waals surface area contributed by atoms with Crippen LogP contribution in [0.25, 0.3) is 0 Å². The van der Waals surface area contributed by atoms with Gasteiger partial charge in [0.15, 0.2) is 0 Å². The van der Waals surface area contributed by atoms with E-state index in [0.29, 0.717) is 18.9 Å². The van der Waals surface area contributed by atoms with Crippen LogP contribution in [-0.4, -0.2) is 36.2 Å². The highest BCUT2D eigenvalue weighted by Gasteiger charge is 2.30. The van der Waals surface area contributed by atoms with E-state index in [1.807, 2.05) is 0 Å². The van der Waals surface area contributed by atoms with Crippen LogP contribution in [0.4, 0.5) is 0 Å². The summed E-state index contributed by atoms with van der Waals surface area (Å²) in [5.41, 5.74) is 0. The fraction of sp³-hybridized carbons (Fsp3) is 0.857. The van der Waals surface area contributed by atoms with Gasteiger partial charge in [0.05, 0.1) is 12.5 Å². The molecule has 0 heterocycles. The highest BCUT2D eigenvalue weighted by molar-refractivity contribution is 5.79. The molecule has 2 aliphatic carbocycles. The van der Waals surface area contributed by atoms with Crippen molar-refractivity contribution >= 4 is 11.9 Å². The predicted octanol–water partition coefficient (Wildman–Crippen LogP) is 1.56. The molecule has 2 saturated carbocycles. The Morgan fingerprint density at radius 2 is 1.84 bits per heavy atom. The van der Waals surface area contributed by atoms with Crippen LogP contribution in [0.2, 0.25) is 0 Å². The Morgan fingerprint density at radius 1 is 1.11 bits per heavy atom. The smallest absolute Gasteiger partial charge is 0.308 e. The number of hydrogen-bond acceptors (Lipinski definition) is 3. The molecule has 2 fully saturated rings. The van der Waals surface area contributed by atoms with Crippen molar-refractivity contribution in [1.82, 2.24) is 5.32 Å². The summed E-state index contributed by atoms with van der Waals surface area (Å²) in [6, 6.07) is -0.239. The molecule has 0 aromatic rings. The van der Waals surface area contributed by atoms with Crippen LogP contribution in [0.5, 0.6) is 0 Å².